The Kier molecular flexibility index (Phi) is 2.31. The topological polar surface area (TPSA) is 9.23 Å². The van der Waals surface area contributed by atoms with Crippen LogP contribution in [0.2, 0.25) is 0 Å². The molecule has 0 saturated carbocycles. The maximum Gasteiger partial charge on any atom is 0.123 e. The maximum absolute atomic E-state index is 5.77. The summed E-state index contributed by atoms with van der Waals surface area (Å²) in [6.07, 6.45) is 1.00. The highest BCUT2D eigenvalue weighted by Gasteiger charge is 2.19. The van der Waals surface area contributed by atoms with Crippen molar-refractivity contribution >= 4 is 10.8 Å². The molecule has 0 amide bonds. The third kappa shape index (κ3) is 1.62. The normalized spacial score (nSPS) is 13.3. The van der Waals surface area contributed by atoms with E-state index >= 15 is 0 Å². The van der Waals surface area contributed by atoms with E-state index in [1.54, 1.807) is 0 Å². The summed E-state index contributed by atoms with van der Waals surface area (Å²) in [4.78, 5) is 0. The minimum Gasteiger partial charge on any atom is -0.493 e. The second-order valence-electron chi connectivity index (χ2n) is 4.91. The summed E-state index contributed by atoms with van der Waals surface area (Å²) in [6, 6.07) is 21.3. The maximum atomic E-state index is 5.77. The minimum atomic E-state index is 0.797. The molecule has 3 aromatic carbocycles. The molecule has 1 heterocycles. The van der Waals surface area contributed by atoms with Crippen molar-refractivity contribution in [2.75, 3.05) is 6.61 Å². The zero-order chi connectivity index (χ0) is 12.7. The lowest BCUT2D eigenvalue weighted by molar-refractivity contribution is 0.357. The molecule has 0 radical (unpaired) electrons. The van der Waals surface area contributed by atoms with Gasteiger partial charge >= 0.3 is 0 Å². The second-order valence-corrected chi connectivity index (χ2v) is 4.91. The molecule has 4 rings (SSSR count). The van der Waals surface area contributed by atoms with Crippen LogP contribution in [0.5, 0.6) is 5.75 Å². The molecule has 0 atom stereocenters. The van der Waals surface area contributed by atoms with E-state index in [-0.39, 0.29) is 0 Å². The van der Waals surface area contributed by atoms with E-state index in [9.17, 15) is 0 Å². The van der Waals surface area contributed by atoms with Crippen molar-refractivity contribution in [3.05, 3.63) is 66.2 Å². The molecule has 1 aliphatic heterocycles. The third-order valence-electron chi connectivity index (χ3n) is 3.79. The first-order chi connectivity index (χ1) is 9.43. The smallest absolute Gasteiger partial charge is 0.123 e. The Balaban J connectivity index is 2.13. The molecule has 0 aromatic heterocycles. The molecular weight excluding hydrogens is 232 g/mol. The summed E-state index contributed by atoms with van der Waals surface area (Å²) in [5.41, 5.74) is 3.97. The fraction of sp³-hybridized carbons (Fsp3) is 0.111. The molecule has 1 nitrogen and oxygen atoms in total. The van der Waals surface area contributed by atoms with Crippen LogP contribution in [-0.2, 0) is 6.42 Å². The highest BCUT2D eigenvalue weighted by molar-refractivity contribution is 6.00. The van der Waals surface area contributed by atoms with Gasteiger partial charge in [0.15, 0.2) is 0 Å². The average molecular weight is 246 g/mol. The Labute approximate surface area is 112 Å². The van der Waals surface area contributed by atoms with Gasteiger partial charge in [-0.25, -0.2) is 0 Å². The Morgan fingerprint density at radius 1 is 0.842 bits per heavy atom. The van der Waals surface area contributed by atoms with Gasteiger partial charge in [0.1, 0.15) is 5.75 Å². The van der Waals surface area contributed by atoms with E-state index in [1.165, 1.54) is 27.5 Å². The molecule has 19 heavy (non-hydrogen) atoms. The van der Waals surface area contributed by atoms with Crippen LogP contribution in [-0.4, -0.2) is 6.61 Å². The van der Waals surface area contributed by atoms with Crippen LogP contribution in [0.1, 0.15) is 5.56 Å². The number of rotatable bonds is 1. The van der Waals surface area contributed by atoms with Gasteiger partial charge in [-0.15, -0.1) is 0 Å². The molecule has 0 spiro atoms. The monoisotopic (exact) mass is 246 g/mol. The van der Waals surface area contributed by atoms with Gasteiger partial charge in [0.2, 0.25) is 0 Å². The van der Waals surface area contributed by atoms with Crippen molar-refractivity contribution in [3.63, 3.8) is 0 Å². The fourth-order valence-electron chi connectivity index (χ4n) is 2.94. The largest absolute Gasteiger partial charge is 0.493 e. The summed E-state index contributed by atoms with van der Waals surface area (Å²) in [5.74, 6) is 1.05. The lowest BCUT2D eigenvalue weighted by atomic mass is 9.92. The predicted molar refractivity (Wildman–Crippen MR) is 78.6 cm³/mol. The molecule has 0 fully saturated rings. The van der Waals surface area contributed by atoms with Gasteiger partial charge in [-0.3, -0.25) is 0 Å². The van der Waals surface area contributed by atoms with Crippen molar-refractivity contribution in [2.45, 2.75) is 6.42 Å². The molecule has 3 aromatic rings. The molecule has 0 N–H and O–H groups in total. The summed E-state index contributed by atoms with van der Waals surface area (Å²) in [5, 5.41) is 2.57. The number of hydrogen-bond acceptors (Lipinski definition) is 1. The predicted octanol–water partition coefficient (Wildman–Crippen LogP) is 4.44. The van der Waals surface area contributed by atoms with E-state index < -0.39 is 0 Å². The van der Waals surface area contributed by atoms with Gasteiger partial charge in [-0.2, -0.15) is 0 Å². The number of fused-ring (bicyclic) bond motifs is 2. The Morgan fingerprint density at radius 2 is 1.63 bits per heavy atom. The molecule has 0 unspecified atom stereocenters. The number of hydrogen-bond donors (Lipinski definition) is 0. The molecule has 0 saturated heterocycles. The molecule has 0 aliphatic carbocycles. The summed E-state index contributed by atoms with van der Waals surface area (Å²) in [6.45, 7) is 0.797. The van der Waals surface area contributed by atoms with Gasteiger partial charge in [0.05, 0.1) is 6.61 Å². The SMILES string of the molecule is c1ccc(-c2c3c(cc4ccccc24)OCC3)cc1. The van der Waals surface area contributed by atoms with E-state index in [2.05, 4.69) is 60.7 Å². The van der Waals surface area contributed by atoms with Crippen LogP contribution in [0.15, 0.2) is 60.7 Å². The summed E-state index contributed by atoms with van der Waals surface area (Å²) < 4.78 is 5.77. The van der Waals surface area contributed by atoms with Crippen LogP contribution in [0.4, 0.5) is 0 Å². The van der Waals surface area contributed by atoms with Crippen LogP contribution in [0, 0.1) is 0 Å². The van der Waals surface area contributed by atoms with Crippen LogP contribution >= 0.6 is 0 Å². The van der Waals surface area contributed by atoms with E-state index in [4.69, 9.17) is 4.74 Å². The lowest BCUT2D eigenvalue weighted by Gasteiger charge is -2.12. The zero-order valence-corrected chi connectivity index (χ0v) is 10.6. The van der Waals surface area contributed by atoms with Gasteiger partial charge in [-0.05, 0) is 28.0 Å². The van der Waals surface area contributed by atoms with E-state index in [0.29, 0.717) is 0 Å². The average Bonchev–Trinajstić information content (AvgIpc) is 2.93. The summed E-state index contributed by atoms with van der Waals surface area (Å²) >= 11 is 0. The highest BCUT2D eigenvalue weighted by atomic mass is 16.5. The van der Waals surface area contributed by atoms with E-state index in [1.807, 2.05) is 0 Å². The first kappa shape index (κ1) is 10.6. The Hall–Kier alpha value is -2.28. The Morgan fingerprint density at radius 3 is 2.53 bits per heavy atom. The van der Waals surface area contributed by atoms with Gasteiger partial charge in [0, 0.05) is 12.0 Å². The number of benzene rings is 3. The first-order valence-electron chi connectivity index (χ1n) is 6.66. The first-order valence-corrected chi connectivity index (χ1v) is 6.66. The van der Waals surface area contributed by atoms with Gasteiger partial charge in [0.25, 0.3) is 0 Å². The van der Waals surface area contributed by atoms with E-state index in [0.717, 1.165) is 18.8 Å². The van der Waals surface area contributed by atoms with Gasteiger partial charge < -0.3 is 4.74 Å². The lowest BCUT2D eigenvalue weighted by Crippen LogP contribution is -1.88. The van der Waals surface area contributed by atoms with Crippen LogP contribution in [0.25, 0.3) is 21.9 Å². The minimum absolute atomic E-state index is 0.797. The Bertz CT molecular complexity index is 744. The zero-order valence-electron chi connectivity index (χ0n) is 10.6. The van der Waals surface area contributed by atoms with Crippen LogP contribution < -0.4 is 4.74 Å². The number of ether oxygens (including phenoxy) is 1. The molecular formula is C18H14O. The highest BCUT2D eigenvalue weighted by Crippen LogP contribution is 2.40. The molecule has 1 heteroatoms. The van der Waals surface area contributed by atoms with Crippen molar-refractivity contribution in [1.82, 2.24) is 0 Å². The fourth-order valence-corrected chi connectivity index (χ4v) is 2.94. The molecule has 92 valence electrons. The second kappa shape index (κ2) is 4.13. The molecule has 0 bridgehead atoms. The van der Waals surface area contributed by atoms with Crippen molar-refractivity contribution < 1.29 is 4.74 Å². The van der Waals surface area contributed by atoms with Crippen molar-refractivity contribution in [3.8, 4) is 16.9 Å². The van der Waals surface area contributed by atoms with Crippen molar-refractivity contribution in [2.24, 2.45) is 0 Å². The van der Waals surface area contributed by atoms with Crippen LogP contribution in [0.3, 0.4) is 0 Å². The summed E-state index contributed by atoms with van der Waals surface area (Å²) in [7, 11) is 0. The third-order valence-corrected chi connectivity index (χ3v) is 3.79. The molecule has 1 aliphatic rings. The van der Waals surface area contributed by atoms with Crippen molar-refractivity contribution in [1.29, 1.82) is 0 Å². The van der Waals surface area contributed by atoms with Gasteiger partial charge in [-0.1, -0.05) is 54.6 Å². The standard InChI is InChI=1S/C18H14O/c1-2-6-13(7-3-1)18-15-9-5-4-8-14(15)12-17-16(18)10-11-19-17/h1-9,12H,10-11H2. The quantitative estimate of drug-likeness (QED) is 0.616.